The number of nitrogens with one attached hydrogen (secondary N) is 3. The molecule has 0 fully saturated rings. The molecule has 0 radical (unpaired) electrons. The van der Waals surface area contributed by atoms with Crippen LogP contribution in [0.2, 0.25) is 0 Å². The number of hydrogen-bond donors (Lipinski definition) is 5. The van der Waals surface area contributed by atoms with Gasteiger partial charge < -0.3 is 26.8 Å². The summed E-state index contributed by atoms with van der Waals surface area (Å²) >= 11 is 0. The Morgan fingerprint density at radius 1 is 0.875 bits per heavy atom. The SMILES string of the molecule is CC(C)CC(N)C(=O)NC(Cc1ccccc1)C(=O)NCC(=O)NC(CC(C)C)C(=O)O. The summed E-state index contributed by atoms with van der Waals surface area (Å²) in [5.74, 6) is -2.45. The molecule has 9 nitrogen and oxygen atoms in total. The zero-order valence-corrected chi connectivity index (χ0v) is 19.3. The van der Waals surface area contributed by atoms with E-state index >= 15 is 0 Å². The molecule has 1 aromatic rings. The third-order valence-electron chi connectivity index (χ3n) is 4.74. The third kappa shape index (κ3) is 10.4. The lowest BCUT2D eigenvalue weighted by atomic mass is 10.0. The van der Waals surface area contributed by atoms with Crippen LogP contribution in [0.25, 0.3) is 0 Å². The van der Waals surface area contributed by atoms with Crippen LogP contribution in [0.1, 0.15) is 46.1 Å². The second-order valence-electron chi connectivity index (χ2n) is 8.79. The predicted octanol–water partition coefficient (Wildman–Crippen LogP) is 0.819. The van der Waals surface area contributed by atoms with Crippen molar-refractivity contribution in [2.75, 3.05) is 6.54 Å². The van der Waals surface area contributed by atoms with Gasteiger partial charge in [-0.2, -0.15) is 0 Å². The molecule has 0 saturated heterocycles. The lowest BCUT2D eigenvalue weighted by molar-refractivity contribution is -0.142. The van der Waals surface area contributed by atoms with E-state index in [9.17, 15) is 24.3 Å². The number of carboxylic acids is 1. The minimum absolute atomic E-state index is 0.0755. The fourth-order valence-electron chi connectivity index (χ4n) is 3.18. The number of hydrogen-bond acceptors (Lipinski definition) is 5. The van der Waals surface area contributed by atoms with Gasteiger partial charge in [0.25, 0.3) is 0 Å². The van der Waals surface area contributed by atoms with Crippen molar-refractivity contribution in [3.8, 4) is 0 Å². The fraction of sp³-hybridized carbons (Fsp3) is 0.565. The number of aliphatic carboxylic acids is 1. The maximum Gasteiger partial charge on any atom is 0.326 e. The Kier molecular flexibility index (Phi) is 11.4. The molecule has 9 heteroatoms. The molecule has 32 heavy (non-hydrogen) atoms. The van der Waals surface area contributed by atoms with E-state index in [2.05, 4.69) is 16.0 Å². The molecular weight excluding hydrogens is 412 g/mol. The summed E-state index contributed by atoms with van der Waals surface area (Å²) in [7, 11) is 0. The molecule has 3 unspecified atom stereocenters. The predicted molar refractivity (Wildman–Crippen MR) is 122 cm³/mol. The highest BCUT2D eigenvalue weighted by molar-refractivity contribution is 5.92. The fourth-order valence-corrected chi connectivity index (χ4v) is 3.18. The molecule has 6 N–H and O–H groups in total. The highest BCUT2D eigenvalue weighted by Gasteiger charge is 2.26. The molecular formula is C23H36N4O5. The lowest BCUT2D eigenvalue weighted by Gasteiger charge is -2.22. The summed E-state index contributed by atoms with van der Waals surface area (Å²) in [5.41, 5.74) is 6.77. The van der Waals surface area contributed by atoms with E-state index in [1.54, 1.807) is 0 Å². The summed E-state index contributed by atoms with van der Waals surface area (Å²) < 4.78 is 0. The van der Waals surface area contributed by atoms with Crippen LogP contribution >= 0.6 is 0 Å². The molecule has 3 amide bonds. The van der Waals surface area contributed by atoms with Crippen LogP contribution in [0.4, 0.5) is 0 Å². The van der Waals surface area contributed by atoms with Crippen LogP contribution in [0.15, 0.2) is 30.3 Å². The first-order valence-electron chi connectivity index (χ1n) is 10.9. The lowest BCUT2D eigenvalue weighted by Crippen LogP contribution is -2.54. The number of rotatable bonds is 13. The average Bonchev–Trinajstić information content (AvgIpc) is 2.70. The third-order valence-corrected chi connectivity index (χ3v) is 4.74. The standard InChI is InChI=1S/C23H36N4O5/c1-14(2)10-17(24)21(29)27-18(12-16-8-6-5-7-9-16)22(30)25-13-20(28)26-19(23(31)32)11-15(3)4/h5-9,14-15,17-19H,10-13,24H2,1-4H3,(H,25,30)(H,26,28)(H,27,29)(H,31,32). The molecule has 1 rings (SSSR count). The Hall–Kier alpha value is -2.94. The van der Waals surface area contributed by atoms with Gasteiger partial charge in [-0.3, -0.25) is 14.4 Å². The Balaban J connectivity index is 2.78. The topological polar surface area (TPSA) is 151 Å². The number of carbonyl (C=O) groups excluding carboxylic acids is 3. The molecule has 0 aliphatic rings. The largest absolute Gasteiger partial charge is 0.480 e. The highest BCUT2D eigenvalue weighted by atomic mass is 16.4. The van der Waals surface area contributed by atoms with Crippen LogP contribution < -0.4 is 21.7 Å². The summed E-state index contributed by atoms with van der Waals surface area (Å²) in [4.78, 5) is 48.8. The van der Waals surface area contributed by atoms with E-state index < -0.39 is 48.4 Å². The van der Waals surface area contributed by atoms with E-state index in [0.29, 0.717) is 6.42 Å². The van der Waals surface area contributed by atoms with Crippen molar-refractivity contribution in [3.63, 3.8) is 0 Å². The highest BCUT2D eigenvalue weighted by Crippen LogP contribution is 2.07. The maximum atomic E-state index is 12.8. The van der Waals surface area contributed by atoms with Crippen molar-refractivity contribution < 1.29 is 24.3 Å². The molecule has 0 aromatic heterocycles. The van der Waals surface area contributed by atoms with Crippen molar-refractivity contribution in [2.45, 2.75) is 65.1 Å². The number of carboxylic acid groups (broad SMARTS) is 1. The molecule has 0 aliphatic carbocycles. The van der Waals surface area contributed by atoms with Gasteiger partial charge in [-0.05, 0) is 30.2 Å². The van der Waals surface area contributed by atoms with Crippen molar-refractivity contribution in [1.29, 1.82) is 0 Å². The smallest absolute Gasteiger partial charge is 0.326 e. The quantitative estimate of drug-likeness (QED) is 0.301. The molecule has 0 aliphatic heterocycles. The van der Waals surface area contributed by atoms with Crippen LogP contribution in [0, 0.1) is 11.8 Å². The summed E-state index contributed by atoms with van der Waals surface area (Å²) in [5, 5.41) is 16.8. The Morgan fingerprint density at radius 3 is 2.00 bits per heavy atom. The number of carbonyl (C=O) groups is 4. The first-order valence-corrected chi connectivity index (χ1v) is 10.9. The Labute approximate surface area is 189 Å². The van der Waals surface area contributed by atoms with Crippen molar-refractivity contribution in [1.82, 2.24) is 16.0 Å². The van der Waals surface area contributed by atoms with E-state index in [1.807, 2.05) is 58.0 Å². The number of benzene rings is 1. The summed E-state index contributed by atoms with van der Waals surface area (Å²) in [6, 6.07) is 6.44. The number of amides is 3. The van der Waals surface area contributed by atoms with Gasteiger partial charge in [0.2, 0.25) is 17.7 Å². The molecule has 0 bridgehead atoms. The second-order valence-corrected chi connectivity index (χ2v) is 8.79. The monoisotopic (exact) mass is 448 g/mol. The van der Waals surface area contributed by atoms with E-state index in [0.717, 1.165) is 5.56 Å². The molecule has 178 valence electrons. The van der Waals surface area contributed by atoms with Gasteiger partial charge in [0.05, 0.1) is 12.6 Å². The molecule has 1 aromatic carbocycles. The van der Waals surface area contributed by atoms with E-state index in [-0.39, 0.29) is 24.7 Å². The molecule has 0 spiro atoms. The molecule has 0 saturated carbocycles. The summed E-state index contributed by atoms with van der Waals surface area (Å²) in [6.07, 6.45) is 0.968. The first-order chi connectivity index (χ1) is 15.0. The zero-order chi connectivity index (χ0) is 24.3. The van der Waals surface area contributed by atoms with Crippen molar-refractivity contribution in [3.05, 3.63) is 35.9 Å². The van der Waals surface area contributed by atoms with E-state index in [1.165, 1.54) is 0 Å². The Morgan fingerprint density at radius 2 is 1.47 bits per heavy atom. The van der Waals surface area contributed by atoms with Crippen molar-refractivity contribution >= 4 is 23.7 Å². The van der Waals surface area contributed by atoms with Gasteiger partial charge >= 0.3 is 5.97 Å². The minimum Gasteiger partial charge on any atom is -0.480 e. The normalized spacial score (nSPS) is 13.8. The van der Waals surface area contributed by atoms with Crippen LogP contribution in [-0.4, -0.2) is 53.5 Å². The van der Waals surface area contributed by atoms with Crippen LogP contribution in [0.5, 0.6) is 0 Å². The van der Waals surface area contributed by atoms with Crippen molar-refractivity contribution in [2.24, 2.45) is 17.6 Å². The maximum absolute atomic E-state index is 12.8. The van der Waals surface area contributed by atoms with Gasteiger partial charge in [0.15, 0.2) is 0 Å². The first kappa shape index (κ1) is 27.1. The van der Waals surface area contributed by atoms with Gasteiger partial charge in [-0.25, -0.2) is 4.79 Å². The summed E-state index contributed by atoms with van der Waals surface area (Å²) in [6.45, 7) is 7.20. The minimum atomic E-state index is -1.13. The van der Waals surface area contributed by atoms with Gasteiger partial charge in [0.1, 0.15) is 12.1 Å². The number of nitrogens with two attached hydrogens (primary N) is 1. The van der Waals surface area contributed by atoms with Gasteiger partial charge in [-0.1, -0.05) is 58.0 Å². The zero-order valence-electron chi connectivity index (χ0n) is 19.3. The molecule has 3 atom stereocenters. The average molecular weight is 449 g/mol. The van der Waals surface area contributed by atoms with E-state index in [4.69, 9.17) is 5.73 Å². The molecule has 0 heterocycles. The Bertz CT molecular complexity index is 767. The van der Waals surface area contributed by atoms with Crippen LogP contribution in [0.3, 0.4) is 0 Å². The van der Waals surface area contributed by atoms with Crippen LogP contribution in [-0.2, 0) is 25.6 Å². The van der Waals surface area contributed by atoms with Gasteiger partial charge in [-0.15, -0.1) is 0 Å². The second kappa shape index (κ2) is 13.5. The van der Waals surface area contributed by atoms with Gasteiger partial charge in [0, 0.05) is 6.42 Å².